The standard InChI is InChI=1S/C19H24N4O/c1-13-5-17(22-12-21-13)18(24)23(4-2-3-20)19-9-14-6-15(10-19)8-16(7-14)11-19/h5,12,14-16H,2,4,6-11H2,1H3. The molecule has 5 heteroatoms. The highest BCUT2D eigenvalue weighted by molar-refractivity contribution is 5.93. The lowest BCUT2D eigenvalue weighted by Crippen LogP contribution is -2.61. The average molecular weight is 324 g/mol. The summed E-state index contributed by atoms with van der Waals surface area (Å²) in [6.07, 6.45) is 9.20. The van der Waals surface area contributed by atoms with E-state index in [0.29, 0.717) is 18.7 Å². The predicted molar refractivity (Wildman–Crippen MR) is 88.9 cm³/mol. The summed E-state index contributed by atoms with van der Waals surface area (Å²) in [6, 6.07) is 3.99. The Morgan fingerprint density at radius 2 is 1.88 bits per heavy atom. The van der Waals surface area contributed by atoms with Gasteiger partial charge < -0.3 is 4.90 Å². The molecule has 0 aliphatic heterocycles. The molecule has 0 radical (unpaired) electrons. The maximum Gasteiger partial charge on any atom is 0.273 e. The summed E-state index contributed by atoms with van der Waals surface area (Å²) in [6.45, 7) is 2.40. The molecule has 1 aromatic rings. The van der Waals surface area contributed by atoms with Gasteiger partial charge in [-0.3, -0.25) is 4.79 Å². The number of hydrogen-bond donors (Lipinski definition) is 0. The van der Waals surface area contributed by atoms with Crippen molar-refractivity contribution in [2.75, 3.05) is 6.54 Å². The minimum absolute atomic E-state index is 0.0160. The zero-order valence-corrected chi connectivity index (χ0v) is 14.2. The molecule has 24 heavy (non-hydrogen) atoms. The van der Waals surface area contributed by atoms with Gasteiger partial charge in [-0.25, -0.2) is 9.97 Å². The van der Waals surface area contributed by atoms with Gasteiger partial charge in [-0.15, -0.1) is 0 Å². The van der Waals surface area contributed by atoms with Crippen molar-refractivity contribution < 1.29 is 4.79 Å². The van der Waals surface area contributed by atoms with E-state index in [9.17, 15) is 4.79 Å². The van der Waals surface area contributed by atoms with Gasteiger partial charge in [0, 0.05) is 17.8 Å². The van der Waals surface area contributed by atoms with E-state index >= 15 is 0 Å². The van der Waals surface area contributed by atoms with Crippen LogP contribution in [0.25, 0.3) is 0 Å². The first-order valence-corrected chi connectivity index (χ1v) is 9.07. The van der Waals surface area contributed by atoms with E-state index in [1.54, 1.807) is 6.07 Å². The van der Waals surface area contributed by atoms with Crippen LogP contribution in [0.3, 0.4) is 0 Å². The van der Waals surface area contributed by atoms with Gasteiger partial charge in [0.05, 0.1) is 12.5 Å². The highest BCUT2D eigenvalue weighted by atomic mass is 16.2. The molecule has 4 saturated carbocycles. The molecule has 4 aliphatic carbocycles. The number of nitriles is 1. The van der Waals surface area contributed by atoms with E-state index in [-0.39, 0.29) is 11.4 Å². The molecule has 5 rings (SSSR count). The van der Waals surface area contributed by atoms with Crippen LogP contribution in [0, 0.1) is 36.0 Å². The maximum absolute atomic E-state index is 13.2. The highest BCUT2D eigenvalue weighted by Crippen LogP contribution is 2.58. The van der Waals surface area contributed by atoms with Crippen molar-refractivity contribution in [2.45, 2.75) is 57.4 Å². The number of hydrogen-bond acceptors (Lipinski definition) is 4. The van der Waals surface area contributed by atoms with Crippen molar-refractivity contribution in [1.82, 2.24) is 14.9 Å². The van der Waals surface area contributed by atoms with Crippen molar-refractivity contribution in [1.29, 1.82) is 5.26 Å². The van der Waals surface area contributed by atoms with Crippen LogP contribution in [0.15, 0.2) is 12.4 Å². The average Bonchev–Trinajstić information content (AvgIpc) is 2.53. The van der Waals surface area contributed by atoms with Gasteiger partial charge in [-0.2, -0.15) is 5.26 Å². The fraction of sp³-hybridized carbons (Fsp3) is 0.684. The molecule has 1 heterocycles. The number of aryl methyl sites for hydroxylation is 1. The Hall–Kier alpha value is -1.96. The van der Waals surface area contributed by atoms with Crippen molar-refractivity contribution in [3.8, 4) is 6.07 Å². The highest BCUT2D eigenvalue weighted by Gasteiger charge is 2.54. The molecular formula is C19H24N4O. The summed E-state index contributed by atoms with van der Waals surface area (Å²) in [5, 5.41) is 9.08. The van der Waals surface area contributed by atoms with Crippen LogP contribution in [0.5, 0.6) is 0 Å². The van der Waals surface area contributed by atoms with Crippen LogP contribution in [0.1, 0.15) is 61.1 Å². The van der Waals surface area contributed by atoms with Gasteiger partial charge in [0.1, 0.15) is 12.0 Å². The third-order valence-electron chi connectivity index (χ3n) is 6.29. The normalized spacial score (nSPS) is 33.2. The molecule has 1 amide bonds. The van der Waals surface area contributed by atoms with Crippen LogP contribution in [-0.4, -0.2) is 32.9 Å². The second-order valence-electron chi connectivity index (χ2n) is 8.05. The zero-order chi connectivity index (χ0) is 16.7. The Kier molecular flexibility index (Phi) is 3.79. The lowest BCUT2D eigenvalue weighted by atomic mass is 9.52. The lowest BCUT2D eigenvalue weighted by molar-refractivity contribution is -0.0742. The van der Waals surface area contributed by atoms with Crippen LogP contribution >= 0.6 is 0 Å². The fourth-order valence-corrected chi connectivity index (χ4v) is 5.82. The van der Waals surface area contributed by atoms with E-state index < -0.39 is 0 Å². The van der Waals surface area contributed by atoms with Crippen molar-refractivity contribution in [3.63, 3.8) is 0 Å². The molecule has 0 unspecified atom stereocenters. The van der Waals surface area contributed by atoms with Crippen molar-refractivity contribution >= 4 is 5.91 Å². The second-order valence-corrected chi connectivity index (χ2v) is 8.05. The van der Waals surface area contributed by atoms with Gasteiger partial charge >= 0.3 is 0 Å². The SMILES string of the molecule is Cc1cc(C(=O)N(CCC#N)C23CC4CC(CC(C4)C2)C3)ncn1. The number of rotatable bonds is 4. The summed E-state index contributed by atoms with van der Waals surface area (Å²) in [5.74, 6) is 2.28. The van der Waals surface area contributed by atoms with Crippen molar-refractivity contribution in [2.24, 2.45) is 17.8 Å². The summed E-state index contributed by atoms with van der Waals surface area (Å²) in [7, 11) is 0. The van der Waals surface area contributed by atoms with Gasteiger partial charge in [-0.1, -0.05) is 0 Å². The third kappa shape index (κ3) is 2.58. The molecule has 0 aromatic carbocycles. The van der Waals surface area contributed by atoms with Crippen LogP contribution < -0.4 is 0 Å². The van der Waals surface area contributed by atoms with Crippen molar-refractivity contribution in [3.05, 3.63) is 23.8 Å². The first-order chi connectivity index (χ1) is 11.6. The molecule has 0 atom stereocenters. The Morgan fingerprint density at radius 1 is 1.25 bits per heavy atom. The number of amides is 1. The maximum atomic E-state index is 13.2. The van der Waals surface area contributed by atoms with E-state index in [1.165, 1.54) is 25.6 Å². The van der Waals surface area contributed by atoms with E-state index in [4.69, 9.17) is 5.26 Å². The predicted octanol–water partition coefficient (Wildman–Crippen LogP) is 3.11. The molecule has 0 N–H and O–H groups in total. The van der Waals surface area contributed by atoms with E-state index in [2.05, 4.69) is 16.0 Å². The molecule has 0 saturated heterocycles. The second kappa shape index (κ2) is 5.84. The molecule has 4 aliphatic rings. The zero-order valence-electron chi connectivity index (χ0n) is 14.2. The number of nitrogens with zero attached hydrogens (tertiary/aromatic N) is 4. The minimum Gasteiger partial charge on any atom is -0.331 e. The van der Waals surface area contributed by atoms with Crippen LogP contribution in [0.2, 0.25) is 0 Å². The van der Waals surface area contributed by atoms with Gasteiger partial charge in [0.25, 0.3) is 5.91 Å². The molecule has 1 aromatic heterocycles. The first kappa shape index (κ1) is 15.6. The monoisotopic (exact) mass is 324 g/mol. The fourth-order valence-electron chi connectivity index (χ4n) is 5.82. The smallest absolute Gasteiger partial charge is 0.273 e. The number of carbonyl (C=O) groups excluding carboxylic acids is 1. The molecule has 4 bridgehead atoms. The Balaban J connectivity index is 1.67. The van der Waals surface area contributed by atoms with Crippen LogP contribution in [0.4, 0.5) is 0 Å². The molecule has 4 fully saturated rings. The number of carbonyl (C=O) groups is 1. The molecule has 126 valence electrons. The summed E-state index contributed by atoms with van der Waals surface area (Å²) < 4.78 is 0. The summed E-state index contributed by atoms with van der Waals surface area (Å²) >= 11 is 0. The van der Waals surface area contributed by atoms with E-state index in [0.717, 1.165) is 42.7 Å². The quantitative estimate of drug-likeness (QED) is 0.853. The Bertz CT molecular complexity index is 658. The van der Waals surface area contributed by atoms with Gasteiger partial charge in [0.15, 0.2) is 0 Å². The van der Waals surface area contributed by atoms with E-state index in [1.807, 2.05) is 11.8 Å². The number of aromatic nitrogens is 2. The molecular weight excluding hydrogens is 300 g/mol. The van der Waals surface area contributed by atoms with Gasteiger partial charge in [0.2, 0.25) is 0 Å². The Labute approximate surface area is 143 Å². The third-order valence-corrected chi connectivity index (χ3v) is 6.29. The summed E-state index contributed by atoms with van der Waals surface area (Å²) in [4.78, 5) is 23.6. The Morgan fingerprint density at radius 3 is 2.42 bits per heavy atom. The molecule has 0 spiro atoms. The lowest BCUT2D eigenvalue weighted by Gasteiger charge is -2.60. The van der Waals surface area contributed by atoms with Crippen LogP contribution in [-0.2, 0) is 0 Å². The summed E-state index contributed by atoms with van der Waals surface area (Å²) in [5.41, 5.74) is 1.23. The minimum atomic E-state index is -0.0401. The largest absolute Gasteiger partial charge is 0.331 e. The topological polar surface area (TPSA) is 69.9 Å². The molecule has 5 nitrogen and oxygen atoms in total. The van der Waals surface area contributed by atoms with Gasteiger partial charge in [-0.05, 0) is 69.3 Å². The first-order valence-electron chi connectivity index (χ1n) is 9.07.